The highest BCUT2D eigenvalue weighted by Crippen LogP contribution is 2.22. The molecule has 0 aromatic carbocycles. The molecule has 0 amide bonds. The smallest absolute Gasteiger partial charge is 0.191 e. The van der Waals surface area contributed by atoms with Gasteiger partial charge in [-0.3, -0.25) is 4.99 Å². The minimum atomic E-state index is 0. The number of nitrogens with zero attached hydrogens (tertiary/aromatic N) is 1. The molecule has 5 nitrogen and oxygen atoms in total. The highest BCUT2D eigenvalue weighted by molar-refractivity contribution is 14.0. The van der Waals surface area contributed by atoms with Crippen LogP contribution in [-0.4, -0.2) is 52.0 Å². The van der Waals surface area contributed by atoms with Gasteiger partial charge in [-0.25, -0.2) is 0 Å². The fourth-order valence-corrected chi connectivity index (χ4v) is 4.14. The van der Waals surface area contributed by atoms with Crippen LogP contribution in [0.2, 0.25) is 0 Å². The Balaban J connectivity index is 0.00000338. The van der Waals surface area contributed by atoms with Gasteiger partial charge in [0.05, 0.1) is 3.79 Å². The molecule has 2 rings (SSSR count). The van der Waals surface area contributed by atoms with Crippen molar-refractivity contribution < 1.29 is 9.47 Å². The van der Waals surface area contributed by atoms with E-state index in [0.29, 0.717) is 5.92 Å². The average molecular weight is 560 g/mol. The predicted octanol–water partition coefficient (Wildman–Crippen LogP) is 4.06. The maximum Gasteiger partial charge on any atom is 0.191 e. The van der Waals surface area contributed by atoms with Gasteiger partial charge in [0.15, 0.2) is 5.96 Å². The number of ether oxygens (including phenoxy) is 2. The second-order valence-corrected chi connectivity index (χ2v) is 8.68. The molecule has 0 aliphatic carbocycles. The van der Waals surface area contributed by atoms with Crippen LogP contribution in [0, 0.1) is 5.92 Å². The van der Waals surface area contributed by atoms with Gasteiger partial charge in [-0.2, -0.15) is 0 Å². The van der Waals surface area contributed by atoms with E-state index in [2.05, 4.69) is 50.6 Å². The van der Waals surface area contributed by atoms with Gasteiger partial charge in [0, 0.05) is 50.9 Å². The van der Waals surface area contributed by atoms with Crippen LogP contribution >= 0.6 is 51.2 Å². The molecule has 0 unspecified atom stereocenters. The molecule has 150 valence electrons. The molecule has 1 aromatic rings. The van der Waals surface area contributed by atoms with E-state index in [1.54, 1.807) is 11.3 Å². The standard InChI is InChI=1S/C18H30BrN3O2S.HI/c1-2-20-18(22-10-6-16-4-5-17(19)25-16)21-9-3-11-24-14-15-7-12-23-13-8-15;/h4-5,15H,2-3,6-14H2,1H3,(H2,20,21,22);1H. The zero-order valence-corrected chi connectivity index (χ0v) is 20.2. The van der Waals surface area contributed by atoms with Gasteiger partial charge < -0.3 is 20.1 Å². The summed E-state index contributed by atoms with van der Waals surface area (Å²) in [5, 5.41) is 6.69. The second-order valence-electron chi connectivity index (χ2n) is 6.13. The number of hydrogen-bond donors (Lipinski definition) is 2. The molecule has 1 fully saturated rings. The van der Waals surface area contributed by atoms with Crippen molar-refractivity contribution in [1.82, 2.24) is 10.6 Å². The van der Waals surface area contributed by atoms with E-state index in [1.165, 1.54) is 8.66 Å². The van der Waals surface area contributed by atoms with Gasteiger partial charge in [-0.05, 0) is 66.6 Å². The van der Waals surface area contributed by atoms with Crippen LogP contribution in [0.15, 0.2) is 20.9 Å². The third-order valence-corrected chi connectivity index (χ3v) is 5.73. The molecule has 0 atom stereocenters. The lowest BCUT2D eigenvalue weighted by molar-refractivity contribution is 0.0205. The minimum Gasteiger partial charge on any atom is -0.381 e. The Labute approximate surface area is 186 Å². The highest BCUT2D eigenvalue weighted by atomic mass is 127. The third-order valence-electron chi connectivity index (χ3n) is 4.05. The Hall–Kier alpha value is 0.1000. The molecule has 1 saturated heterocycles. The van der Waals surface area contributed by atoms with Gasteiger partial charge in [0.25, 0.3) is 0 Å². The zero-order valence-electron chi connectivity index (χ0n) is 15.5. The largest absolute Gasteiger partial charge is 0.381 e. The van der Waals surface area contributed by atoms with E-state index in [0.717, 1.165) is 77.7 Å². The van der Waals surface area contributed by atoms with Gasteiger partial charge in [0.1, 0.15) is 0 Å². The molecule has 1 aromatic heterocycles. The van der Waals surface area contributed by atoms with Crippen molar-refractivity contribution in [2.75, 3.05) is 46.1 Å². The van der Waals surface area contributed by atoms with Crippen molar-refractivity contribution in [2.24, 2.45) is 10.9 Å². The lowest BCUT2D eigenvalue weighted by Gasteiger charge is -2.21. The molecule has 26 heavy (non-hydrogen) atoms. The fourth-order valence-electron chi connectivity index (χ4n) is 2.65. The molecule has 2 N–H and O–H groups in total. The maximum absolute atomic E-state index is 5.79. The molecule has 2 heterocycles. The topological polar surface area (TPSA) is 54.9 Å². The quantitative estimate of drug-likeness (QED) is 0.196. The normalized spacial score (nSPS) is 15.5. The van der Waals surface area contributed by atoms with Crippen LogP contribution in [0.25, 0.3) is 0 Å². The summed E-state index contributed by atoms with van der Waals surface area (Å²) >= 11 is 5.29. The van der Waals surface area contributed by atoms with Crippen molar-refractivity contribution in [3.8, 4) is 0 Å². The van der Waals surface area contributed by atoms with E-state index in [9.17, 15) is 0 Å². The van der Waals surface area contributed by atoms with E-state index in [1.807, 2.05) is 0 Å². The Bertz CT molecular complexity index is 510. The SMILES string of the molecule is CCNC(=NCCCOCC1CCOCC1)NCCc1ccc(Br)s1.I. The molecular formula is C18H31BrIN3O2S. The van der Waals surface area contributed by atoms with Gasteiger partial charge in [-0.1, -0.05) is 0 Å². The second kappa shape index (κ2) is 15.1. The number of rotatable bonds is 10. The summed E-state index contributed by atoms with van der Waals surface area (Å²) in [6.45, 7) is 8.05. The molecule has 0 saturated carbocycles. The molecule has 8 heteroatoms. The summed E-state index contributed by atoms with van der Waals surface area (Å²) in [7, 11) is 0. The summed E-state index contributed by atoms with van der Waals surface area (Å²) in [5.74, 6) is 1.57. The predicted molar refractivity (Wildman–Crippen MR) is 124 cm³/mol. The first kappa shape index (κ1) is 24.1. The maximum atomic E-state index is 5.79. The van der Waals surface area contributed by atoms with Gasteiger partial charge >= 0.3 is 0 Å². The van der Waals surface area contributed by atoms with Crippen LogP contribution in [0.4, 0.5) is 0 Å². The summed E-state index contributed by atoms with van der Waals surface area (Å²) in [6, 6.07) is 4.26. The molecule has 1 aliphatic heterocycles. The summed E-state index contributed by atoms with van der Waals surface area (Å²) < 4.78 is 12.3. The number of aliphatic imine (C=N–C) groups is 1. The molecule has 1 aliphatic rings. The van der Waals surface area contributed by atoms with E-state index in [-0.39, 0.29) is 24.0 Å². The number of hydrogen-bond acceptors (Lipinski definition) is 4. The van der Waals surface area contributed by atoms with Crippen molar-refractivity contribution in [3.63, 3.8) is 0 Å². The minimum absolute atomic E-state index is 0. The van der Waals surface area contributed by atoms with Crippen molar-refractivity contribution >= 4 is 57.2 Å². The molecule has 0 radical (unpaired) electrons. The molecule has 0 bridgehead atoms. The number of halogens is 2. The van der Waals surface area contributed by atoms with Crippen LogP contribution in [0.3, 0.4) is 0 Å². The lowest BCUT2D eigenvalue weighted by atomic mass is 10.0. The highest BCUT2D eigenvalue weighted by Gasteiger charge is 2.13. The van der Waals surface area contributed by atoms with Crippen molar-refractivity contribution in [1.29, 1.82) is 0 Å². The van der Waals surface area contributed by atoms with E-state index >= 15 is 0 Å². The monoisotopic (exact) mass is 559 g/mol. The van der Waals surface area contributed by atoms with Gasteiger partial charge in [-0.15, -0.1) is 35.3 Å². The van der Waals surface area contributed by atoms with Crippen LogP contribution in [0.5, 0.6) is 0 Å². The zero-order chi connectivity index (χ0) is 17.7. The van der Waals surface area contributed by atoms with Crippen LogP contribution in [0.1, 0.15) is 31.1 Å². The van der Waals surface area contributed by atoms with E-state index < -0.39 is 0 Å². The number of thiophene rings is 1. The number of nitrogens with one attached hydrogen (secondary N) is 2. The van der Waals surface area contributed by atoms with Crippen molar-refractivity contribution in [2.45, 2.75) is 32.6 Å². The third kappa shape index (κ3) is 10.4. The molecule has 0 spiro atoms. The fraction of sp³-hybridized carbons (Fsp3) is 0.722. The summed E-state index contributed by atoms with van der Waals surface area (Å²) in [6.07, 6.45) is 4.23. The van der Waals surface area contributed by atoms with Crippen LogP contribution in [-0.2, 0) is 15.9 Å². The first-order chi connectivity index (χ1) is 12.3. The Morgan fingerprint density at radius 2 is 2.15 bits per heavy atom. The first-order valence-electron chi connectivity index (χ1n) is 9.19. The Morgan fingerprint density at radius 3 is 2.85 bits per heavy atom. The molecular weight excluding hydrogens is 529 g/mol. The summed E-state index contributed by atoms with van der Waals surface area (Å²) in [5.41, 5.74) is 0. The van der Waals surface area contributed by atoms with Gasteiger partial charge in [0.2, 0.25) is 0 Å². The van der Waals surface area contributed by atoms with E-state index in [4.69, 9.17) is 9.47 Å². The average Bonchev–Trinajstić information content (AvgIpc) is 3.04. The Kier molecular flexibility index (Phi) is 14.0. The first-order valence-corrected chi connectivity index (χ1v) is 10.8. The lowest BCUT2D eigenvalue weighted by Crippen LogP contribution is -2.38. The van der Waals surface area contributed by atoms with Crippen LogP contribution < -0.4 is 10.6 Å². The van der Waals surface area contributed by atoms with Crippen molar-refractivity contribution in [3.05, 3.63) is 20.8 Å². The summed E-state index contributed by atoms with van der Waals surface area (Å²) in [4.78, 5) is 5.99. The number of guanidine groups is 1. The Morgan fingerprint density at radius 1 is 1.35 bits per heavy atom.